The van der Waals surface area contributed by atoms with Crippen molar-refractivity contribution in [3.05, 3.63) is 33.1 Å². The molecular weight excluding hydrogens is 258 g/mol. The van der Waals surface area contributed by atoms with E-state index in [9.17, 15) is 14.9 Å². The van der Waals surface area contributed by atoms with Crippen molar-refractivity contribution in [1.82, 2.24) is 9.88 Å². The lowest BCUT2D eigenvalue weighted by molar-refractivity contribution is -0.385. The van der Waals surface area contributed by atoms with Crippen LogP contribution >= 0.6 is 11.6 Å². The summed E-state index contributed by atoms with van der Waals surface area (Å²) in [6.07, 6.45) is 4.07. The highest BCUT2D eigenvalue weighted by Gasteiger charge is 2.28. The number of aromatic nitrogens is 1. The Balaban J connectivity index is 2.28. The Hall–Kier alpha value is -1.69. The minimum absolute atomic E-state index is 0.00299. The molecule has 7 heteroatoms. The summed E-state index contributed by atoms with van der Waals surface area (Å²) in [5.41, 5.74) is -0.148. The number of pyridine rings is 1. The first-order valence-corrected chi connectivity index (χ1v) is 5.95. The van der Waals surface area contributed by atoms with E-state index in [1.54, 1.807) is 11.9 Å². The molecular formula is C11H12ClN3O3. The number of hydrogen-bond donors (Lipinski definition) is 0. The van der Waals surface area contributed by atoms with Crippen LogP contribution in [0.15, 0.2) is 12.3 Å². The van der Waals surface area contributed by atoms with Crippen LogP contribution in [0.1, 0.15) is 29.6 Å². The van der Waals surface area contributed by atoms with Crippen molar-refractivity contribution >= 4 is 23.2 Å². The van der Waals surface area contributed by atoms with E-state index in [4.69, 9.17) is 11.6 Å². The predicted octanol–water partition coefficient (Wildman–Crippen LogP) is 2.27. The minimum atomic E-state index is -0.594. The van der Waals surface area contributed by atoms with Gasteiger partial charge < -0.3 is 4.90 Å². The van der Waals surface area contributed by atoms with Crippen LogP contribution in [0.4, 0.5) is 5.69 Å². The molecule has 1 aromatic heterocycles. The fraction of sp³-hybridized carbons (Fsp3) is 0.455. The van der Waals surface area contributed by atoms with Crippen molar-refractivity contribution in [2.45, 2.75) is 25.3 Å². The molecule has 0 bridgehead atoms. The smallest absolute Gasteiger partial charge is 0.288 e. The average Bonchev–Trinajstić information content (AvgIpc) is 2.26. The van der Waals surface area contributed by atoms with Gasteiger partial charge in [0.2, 0.25) is 0 Å². The van der Waals surface area contributed by atoms with E-state index >= 15 is 0 Å². The zero-order valence-electron chi connectivity index (χ0n) is 9.80. The highest BCUT2D eigenvalue weighted by Crippen LogP contribution is 2.27. The maximum Gasteiger partial charge on any atom is 0.288 e. The monoisotopic (exact) mass is 269 g/mol. The fourth-order valence-corrected chi connectivity index (χ4v) is 2.00. The van der Waals surface area contributed by atoms with Crippen LogP contribution in [0.3, 0.4) is 0 Å². The van der Waals surface area contributed by atoms with Gasteiger partial charge in [-0.1, -0.05) is 11.6 Å². The van der Waals surface area contributed by atoms with Gasteiger partial charge in [-0.15, -0.1) is 0 Å². The maximum absolute atomic E-state index is 12.2. The number of nitrogens with zero attached hydrogens (tertiary/aromatic N) is 3. The molecule has 18 heavy (non-hydrogen) atoms. The van der Waals surface area contributed by atoms with Crippen LogP contribution in [0, 0.1) is 10.1 Å². The largest absolute Gasteiger partial charge is 0.339 e. The highest BCUT2D eigenvalue weighted by molar-refractivity contribution is 6.32. The fourth-order valence-electron chi connectivity index (χ4n) is 1.82. The van der Waals surface area contributed by atoms with E-state index in [2.05, 4.69) is 4.98 Å². The van der Waals surface area contributed by atoms with Gasteiger partial charge >= 0.3 is 0 Å². The molecule has 0 aromatic carbocycles. The Morgan fingerprint density at radius 1 is 1.61 bits per heavy atom. The molecule has 1 aliphatic rings. The normalized spacial score (nSPS) is 15.0. The molecule has 1 heterocycles. The van der Waals surface area contributed by atoms with Crippen molar-refractivity contribution in [2.24, 2.45) is 0 Å². The SMILES string of the molecule is CN(C(=O)c1cc([N+](=O)[O-])cnc1Cl)C1CCC1. The predicted molar refractivity (Wildman–Crippen MR) is 65.6 cm³/mol. The van der Waals surface area contributed by atoms with E-state index in [1.165, 1.54) is 6.07 Å². The molecule has 2 rings (SSSR count). The molecule has 1 aliphatic carbocycles. The first-order chi connectivity index (χ1) is 8.50. The Labute approximate surface area is 109 Å². The van der Waals surface area contributed by atoms with Crippen molar-refractivity contribution in [3.8, 4) is 0 Å². The van der Waals surface area contributed by atoms with Crippen LogP contribution in [0.2, 0.25) is 5.15 Å². The highest BCUT2D eigenvalue weighted by atomic mass is 35.5. The van der Waals surface area contributed by atoms with Crippen molar-refractivity contribution in [2.75, 3.05) is 7.05 Å². The number of carbonyl (C=O) groups is 1. The second-order valence-corrected chi connectivity index (χ2v) is 4.65. The van der Waals surface area contributed by atoms with Crippen molar-refractivity contribution in [1.29, 1.82) is 0 Å². The third-order valence-electron chi connectivity index (χ3n) is 3.21. The van der Waals surface area contributed by atoms with E-state index < -0.39 is 4.92 Å². The molecule has 96 valence electrons. The van der Waals surface area contributed by atoms with Gasteiger partial charge in [-0.05, 0) is 19.3 Å². The molecule has 0 radical (unpaired) electrons. The molecule has 0 N–H and O–H groups in total. The third kappa shape index (κ3) is 2.28. The van der Waals surface area contributed by atoms with Gasteiger partial charge in [0.15, 0.2) is 0 Å². The lowest BCUT2D eigenvalue weighted by atomic mass is 9.91. The third-order valence-corrected chi connectivity index (χ3v) is 3.51. The zero-order chi connectivity index (χ0) is 13.3. The molecule has 0 saturated heterocycles. The van der Waals surface area contributed by atoms with Crippen LogP contribution < -0.4 is 0 Å². The Kier molecular flexibility index (Phi) is 3.47. The molecule has 0 unspecified atom stereocenters. The number of nitro groups is 1. The Bertz CT molecular complexity index is 502. The number of hydrogen-bond acceptors (Lipinski definition) is 4. The topological polar surface area (TPSA) is 76.3 Å². The summed E-state index contributed by atoms with van der Waals surface area (Å²) < 4.78 is 0. The number of amides is 1. The van der Waals surface area contributed by atoms with Crippen LogP contribution in [0.25, 0.3) is 0 Å². The second-order valence-electron chi connectivity index (χ2n) is 4.29. The molecule has 0 spiro atoms. The first-order valence-electron chi connectivity index (χ1n) is 5.58. The van der Waals surface area contributed by atoms with Gasteiger partial charge in [-0.25, -0.2) is 4.98 Å². The summed E-state index contributed by atoms with van der Waals surface area (Å²) in [6, 6.07) is 1.38. The van der Waals surface area contributed by atoms with E-state index in [0.717, 1.165) is 25.5 Å². The number of carbonyl (C=O) groups excluding carboxylic acids is 1. The Morgan fingerprint density at radius 2 is 2.28 bits per heavy atom. The standard InChI is InChI=1S/C11H12ClN3O3/c1-14(7-3-2-4-7)11(16)9-5-8(15(17)18)6-13-10(9)12/h5-7H,2-4H2,1H3. The molecule has 0 atom stereocenters. The van der Waals surface area contributed by atoms with Crippen LogP contribution in [-0.4, -0.2) is 33.8 Å². The Morgan fingerprint density at radius 3 is 2.78 bits per heavy atom. The first kappa shape index (κ1) is 12.8. The average molecular weight is 270 g/mol. The maximum atomic E-state index is 12.2. The van der Waals surface area contributed by atoms with Crippen molar-refractivity contribution in [3.63, 3.8) is 0 Å². The van der Waals surface area contributed by atoms with Gasteiger partial charge in [0.1, 0.15) is 11.3 Å². The van der Waals surface area contributed by atoms with Gasteiger partial charge in [0.25, 0.3) is 11.6 Å². The van der Waals surface area contributed by atoms with Gasteiger partial charge in [-0.2, -0.15) is 0 Å². The lowest BCUT2D eigenvalue weighted by Gasteiger charge is -2.34. The molecule has 0 aliphatic heterocycles. The van der Waals surface area contributed by atoms with Gasteiger partial charge in [0.05, 0.1) is 10.5 Å². The molecule has 6 nitrogen and oxygen atoms in total. The molecule has 1 saturated carbocycles. The molecule has 1 amide bonds. The summed E-state index contributed by atoms with van der Waals surface area (Å²) in [6.45, 7) is 0. The molecule has 1 fully saturated rings. The number of rotatable bonds is 3. The van der Waals surface area contributed by atoms with E-state index in [1.807, 2.05) is 0 Å². The van der Waals surface area contributed by atoms with Crippen LogP contribution in [-0.2, 0) is 0 Å². The summed E-state index contributed by atoms with van der Waals surface area (Å²) in [7, 11) is 1.68. The summed E-state index contributed by atoms with van der Waals surface area (Å²) in [4.78, 5) is 27.5. The summed E-state index contributed by atoms with van der Waals surface area (Å²) >= 11 is 5.82. The summed E-state index contributed by atoms with van der Waals surface area (Å²) in [5, 5.41) is 10.7. The quantitative estimate of drug-likeness (QED) is 0.479. The van der Waals surface area contributed by atoms with Crippen LogP contribution in [0.5, 0.6) is 0 Å². The zero-order valence-corrected chi connectivity index (χ0v) is 10.6. The summed E-state index contributed by atoms with van der Waals surface area (Å²) in [5.74, 6) is -0.319. The number of halogens is 1. The lowest BCUT2D eigenvalue weighted by Crippen LogP contribution is -2.41. The van der Waals surface area contributed by atoms with Crippen molar-refractivity contribution < 1.29 is 9.72 Å². The van der Waals surface area contributed by atoms with E-state index in [-0.39, 0.29) is 28.4 Å². The van der Waals surface area contributed by atoms with Gasteiger partial charge in [0, 0.05) is 19.2 Å². The second kappa shape index (κ2) is 4.89. The van der Waals surface area contributed by atoms with E-state index in [0.29, 0.717) is 0 Å². The minimum Gasteiger partial charge on any atom is -0.339 e. The molecule has 1 aromatic rings. The van der Waals surface area contributed by atoms with Gasteiger partial charge in [-0.3, -0.25) is 14.9 Å².